The van der Waals surface area contributed by atoms with Crippen molar-refractivity contribution in [1.82, 2.24) is 4.90 Å². The highest BCUT2D eigenvalue weighted by Crippen LogP contribution is 2.74. The van der Waals surface area contributed by atoms with Crippen LogP contribution in [0.1, 0.15) is 30.1 Å². The fourth-order valence-electron chi connectivity index (χ4n) is 4.17. The number of piperidine rings is 1. The average Bonchev–Trinajstić information content (AvgIpc) is 3.22. The number of ketones is 1. The van der Waals surface area contributed by atoms with Crippen LogP contribution >= 0.6 is 0 Å². The molecule has 0 N–H and O–H groups in total. The van der Waals surface area contributed by atoms with Crippen LogP contribution in [-0.2, 0) is 4.74 Å². The van der Waals surface area contributed by atoms with Crippen molar-refractivity contribution >= 4 is 11.9 Å². The molecule has 0 radical (unpaired) electrons. The van der Waals surface area contributed by atoms with Gasteiger partial charge in [-0.25, -0.2) is 4.79 Å². The van der Waals surface area contributed by atoms with Gasteiger partial charge in [0.15, 0.2) is 11.2 Å². The summed E-state index contributed by atoms with van der Waals surface area (Å²) in [6, 6.07) is 13.0. The molecular weight excluding hydrogens is 318 g/mol. The van der Waals surface area contributed by atoms with Crippen LogP contribution in [0.25, 0.3) is 0 Å². The summed E-state index contributed by atoms with van der Waals surface area (Å²) in [5.74, 6) is -0.796. The first-order chi connectivity index (χ1) is 12.1. The van der Waals surface area contributed by atoms with E-state index in [2.05, 4.69) is 12.1 Å². The predicted octanol–water partition coefficient (Wildman–Crippen LogP) is 2.77. The van der Waals surface area contributed by atoms with Crippen molar-refractivity contribution in [3.63, 3.8) is 0 Å². The van der Waals surface area contributed by atoms with E-state index in [0.29, 0.717) is 38.1 Å². The molecule has 128 valence electrons. The van der Waals surface area contributed by atoms with Crippen molar-refractivity contribution in [1.29, 1.82) is 10.5 Å². The third-order valence-corrected chi connectivity index (χ3v) is 5.54. The van der Waals surface area contributed by atoms with Gasteiger partial charge in [-0.3, -0.25) is 4.79 Å². The molecule has 1 aromatic rings. The Labute approximate surface area is 146 Å². The van der Waals surface area contributed by atoms with Crippen LogP contribution in [0.4, 0.5) is 4.79 Å². The monoisotopic (exact) mass is 337 g/mol. The van der Waals surface area contributed by atoms with Gasteiger partial charge in [-0.15, -0.1) is 0 Å². The van der Waals surface area contributed by atoms with Crippen LogP contribution in [0.3, 0.4) is 0 Å². The van der Waals surface area contributed by atoms with E-state index in [1.807, 2.05) is 6.07 Å². The predicted molar refractivity (Wildman–Crippen MR) is 88.2 cm³/mol. The highest BCUT2D eigenvalue weighted by molar-refractivity contribution is 6.02. The van der Waals surface area contributed by atoms with Crippen molar-refractivity contribution < 1.29 is 14.3 Å². The number of ether oxygens (including phenoxy) is 1. The van der Waals surface area contributed by atoms with Crippen molar-refractivity contribution in [2.75, 3.05) is 19.7 Å². The van der Waals surface area contributed by atoms with E-state index in [0.717, 1.165) is 0 Å². The van der Waals surface area contributed by atoms with Gasteiger partial charge in [-0.1, -0.05) is 30.3 Å². The molecule has 1 aliphatic carbocycles. The summed E-state index contributed by atoms with van der Waals surface area (Å²) in [5, 5.41) is 19.3. The molecule has 6 nitrogen and oxygen atoms in total. The van der Waals surface area contributed by atoms with Gasteiger partial charge in [0.05, 0.1) is 24.7 Å². The first-order valence-electron chi connectivity index (χ1n) is 8.40. The molecule has 2 fully saturated rings. The maximum Gasteiger partial charge on any atom is 0.409 e. The zero-order chi connectivity index (χ0) is 18.1. The van der Waals surface area contributed by atoms with Crippen LogP contribution in [0, 0.1) is 39.4 Å². The highest BCUT2D eigenvalue weighted by atomic mass is 16.6. The average molecular weight is 337 g/mol. The summed E-state index contributed by atoms with van der Waals surface area (Å²) in [4.78, 5) is 26.4. The van der Waals surface area contributed by atoms with E-state index in [4.69, 9.17) is 4.74 Å². The summed E-state index contributed by atoms with van der Waals surface area (Å²) >= 11 is 0. The van der Waals surface area contributed by atoms with E-state index in [1.165, 1.54) is 0 Å². The Hall–Kier alpha value is -2.86. The number of rotatable bonds is 3. The van der Waals surface area contributed by atoms with Crippen LogP contribution in [0.5, 0.6) is 0 Å². The standard InChI is InChI=1S/C19H19N3O3/c1-2-25-17(24)22-10-8-18(9-11-22)16(19(18,12-20)13-21)15(23)14-6-4-3-5-7-14/h3-7,16H,2,8-11H2,1H3/t16-/m1/s1. The first-order valence-corrected chi connectivity index (χ1v) is 8.40. The largest absolute Gasteiger partial charge is 0.450 e. The lowest BCUT2D eigenvalue weighted by Gasteiger charge is -2.32. The molecule has 1 amide bonds. The van der Waals surface area contributed by atoms with Gasteiger partial charge in [-0.2, -0.15) is 10.5 Å². The Morgan fingerprint density at radius 3 is 2.32 bits per heavy atom. The van der Waals surface area contributed by atoms with Crippen molar-refractivity contribution in [3.8, 4) is 12.1 Å². The Morgan fingerprint density at radius 1 is 1.20 bits per heavy atom. The van der Waals surface area contributed by atoms with Crippen LogP contribution in [-0.4, -0.2) is 36.5 Å². The number of nitriles is 2. The molecule has 0 aromatic heterocycles. The smallest absolute Gasteiger partial charge is 0.409 e. The number of Topliss-reactive ketones (excluding diaryl/α,β-unsaturated/α-hetero) is 1. The molecule has 1 aliphatic heterocycles. The molecule has 0 unspecified atom stereocenters. The van der Waals surface area contributed by atoms with Crippen LogP contribution < -0.4 is 0 Å². The number of hydrogen-bond acceptors (Lipinski definition) is 5. The second-order valence-electron chi connectivity index (χ2n) is 6.54. The van der Waals surface area contributed by atoms with Crippen LogP contribution in [0.2, 0.25) is 0 Å². The molecule has 1 saturated carbocycles. The lowest BCUT2D eigenvalue weighted by Crippen LogP contribution is -2.41. The van der Waals surface area contributed by atoms with E-state index in [-0.39, 0.29) is 11.9 Å². The summed E-state index contributed by atoms with van der Waals surface area (Å²) in [6.07, 6.45) is 0.523. The molecule has 1 heterocycles. The third-order valence-electron chi connectivity index (χ3n) is 5.54. The third kappa shape index (κ3) is 2.37. The van der Waals surface area contributed by atoms with Gasteiger partial charge in [0.1, 0.15) is 0 Å². The number of benzene rings is 1. The van der Waals surface area contributed by atoms with Gasteiger partial charge in [-0.05, 0) is 19.8 Å². The lowest BCUT2D eigenvalue weighted by atomic mass is 9.85. The highest BCUT2D eigenvalue weighted by Gasteiger charge is 2.80. The van der Waals surface area contributed by atoms with Gasteiger partial charge < -0.3 is 9.64 Å². The minimum atomic E-state index is -1.30. The van der Waals surface area contributed by atoms with Gasteiger partial charge in [0, 0.05) is 24.1 Å². The molecule has 1 spiro atoms. The van der Waals surface area contributed by atoms with Crippen LogP contribution in [0.15, 0.2) is 30.3 Å². The maximum absolute atomic E-state index is 12.9. The quantitative estimate of drug-likeness (QED) is 0.790. The molecule has 1 aromatic carbocycles. The molecule has 6 heteroatoms. The second kappa shape index (κ2) is 6.22. The Bertz CT molecular complexity index is 753. The number of nitrogens with zero attached hydrogens (tertiary/aromatic N) is 3. The van der Waals surface area contributed by atoms with Crippen molar-refractivity contribution in [2.45, 2.75) is 19.8 Å². The molecule has 1 atom stereocenters. The number of likely N-dealkylation sites (tertiary alicyclic amines) is 1. The Kier molecular flexibility index (Phi) is 4.22. The molecule has 3 rings (SSSR count). The molecule has 1 saturated heterocycles. The summed E-state index contributed by atoms with van der Waals surface area (Å²) in [7, 11) is 0. The summed E-state index contributed by atoms with van der Waals surface area (Å²) in [5.41, 5.74) is -1.46. The molecule has 25 heavy (non-hydrogen) atoms. The van der Waals surface area contributed by atoms with Gasteiger partial charge in [0.25, 0.3) is 0 Å². The minimum Gasteiger partial charge on any atom is -0.450 e. The number of carbonyl (C=O) groups is 2. The summed E-state index contributed by atoms with van der Waals surface area (Å²) < 4.78 is 5.01. The lowest BCUT2D eigenvalue weighted by molar-refractivity contribution is 0.0812. The zero-order valence-corrected chi connectivity index (χ0v) is 14.1. The van der Waals surface area contributed by atoms with Crippen molar-refractivity contribution in [2.24, 2.45) is 16.7 Å². The van der Waals surface area contributed by atoms with E-state index >= 15 is 0 Å². The molecule has 2 aliphatic rings. The normalized spacial score (nSPS) is 22.5. The fourth-order valence-corrected chi connectivity index (χ4v) is 4.17. The SMILES string of the molecule is CCOC(=O)N1CCC2(CC1)[C@@H](C(=O)c1ccccc1)C2(C#N)C#N. The number of hydrogen-bond donors (Lipinski definition) is 0. The maximum atomic E-state index is 12.9. The number of carbonyl (C=O) groups excluding carboxylic acids is 2. The Morgan fingerprint density at radius 2 is 1.80 bits per heavy atom. The second-order valence-corrected chi connectivity index (χ2v) is 6.54. The van der Waals surface area contributed by atoms with Gasteiger partial charge >= 0.3 is 6.09 Å². The molecule has 0 bridgehead atoms. The Balaban J connectivity index is 1.84. The minimum absolute atomic E-state index is 0.159. The van der Waals surface area contributed by atoms with E-state index < -0.39 is 16.7 Å². The van der Waals surface area contributed by atoms with E-state index in [9.17, 15) is 20.1 Å². The van der Waals surface area contributed by atoms with E-state index in [1.54, 1.807) is 36.1 Å². The van der Waals surface area contributed by atoms with Gasteiger partial charge in [0.2, 0.25) is 0 Å². The number of amides is 1. The fraction of sp³-hybridized carbons (Fsp3) is 0.474. The zero-order valence-electron chi connectivity index (χ0n) is 14.1. The summed E-state index contributed by atoms with van der Waals surface area (Å²) in [6.45, 7) is 2.83. The van der Waals surface area contributed by atoms with Crippen molar-refractivity contribution in [3.05, 3.63) is 35.9 Å². The topological polar surface area (TPSA) is 94.2 Å². The molecular formula is C19H19N3O3. The first kappa shape index (κ1) is 17.0.